The summed E-state index contributed by atoms with van der Waals surface area (Å²) in [7, 11) is -3.55. The van der Waals surface area contributed by atoms with Gasteiger partial charge in [-0.3, -0.25) is 0 Å². The maximum absolute atomic E-state index is 12.1. The van der Waals surface area contributed by atoms with E-state index in [9.17, 15) is 8.42 Å². The minimum Gasteiger partial charge on any atom is -0.398 e. The van der Waals surface area contributed by atoms with Gasteiger partial charge in [-0.2, -0.15) is 0 Å². The smallest absolute Gasteiger partial charge is 0.241 e. The van der Waals surface area contributed by atoms with Gasteiger partial charge < -0.3 is 11.5 Å². The van der Waals surface area contributed by atoms with E-state index in [0.29, 0.717) is 11.1 Å². The Balaban J connectivity index is 2.62. The van der Waals surface area contributed by atoms with Crippen LogP contribution in [0.15, 0.2) is 41.3 Å². The Morgan fingerprint density at radius 3 is 2.39 bits per heavy atom. The fourth-order valence-corrected chi connectivity index (χ4v) is 3.06. The molecule has 0 aliphatic carbocycles. The van der Waals surface area contributed by atoms with E-state index in [-0.39, 0.29) is 18.0 Å². The number of hydrogen-bond donors (Lipinski definition) is 3. The Bertz CT molecular complexity index is 668. The van der Waals surface area contributed by atoms with Crippen molar-refractivity contribution in [1.29, 1.82) is 0 Å². The predicted octanol–water partition coefficient (Wildman–Crippen LogP) is 0.659. The van der Waals surface area contributed by atoms with Gasteiger partial charge in [-0.05, 0) is 12.1 Å². The number of sulfonamides is 1. The van der Waals surface area contributed by atoms with Crippen LogP contribution in [-0.4, -0.2) is 21.5 Å². The second kappa shape index (κ2) is 4.93. The summed E-state index contributed by atoms with van der Waals surface area (Å²) in [4.78, 5) is 0.223. The molecule has 0 heterocycles. The molecular formula is C12H15N3O2S. The minimum absolute atomic E-state index is 0.209. The highest BCUT2D eigenvalue weighted by atomic mass is 32.2. The zero-order valence-electron chi connectivity index (χ0n) is 9.76. The second-order valence-corrected chi connectivity index (χ2v) is 5.62. The van der Waals surface area contributed by atoms with E-state index in [1.807, 2.05) is 6.07 Å². The first-order valence-corrected chi connectivity index (χ1v) is 7.01. The largest absolute Gasteiger partial charge is 0.398 e. The van der Waals surface area contributed by atoms with Crippen LogP contribution in [0.4, 0.5) is 5.69 Å². The Hall–Kier alpha value is -1.63. The first kappa shape index (κ1) is 12.8. The fraction of sp³-hybridized carbons (Fsp3) is 0.167. The van der Waals surface area contributed by atoms with Crippen molar-refractivity contribution in [2.45, 2.75) is 4.90 Å². The SMILES string of the molecule is NCCNS(=O)(=O)c1ccc(N)c2ccccc12. The van der Waals surface area contributed by atoms with Gasteiger partial charge in [0.1, 0.15) is 0 Å². The molecule has 0 saturated carbocycles. The number of hydrogen-bond acceptors (Lipinski definition) is 4. The summed E-state index contributed by atoms with van der Waals surface area (Å²) in [5.74, 6) is 0. The van der Waals surface area contributed by atoms with E-state index in [2.05, 4.69) is 4.72 Å². The summed E-state index contributed by atoms with van der Waals surface area (Å²) in [6.07, 6.45) is 0. The maximum Gasteiger partial charge on any atom is 0.241 e. The first-order chi connectivity index (χ1) is 8.56. The molecule has 0 unspecified atom stereocenters. The van der Waals surface area contributed by atoms with Crippen LogP contribution >= 0.6 is 0 Å². The molecule has 0 bridgehead atoms. The molecule has 5 nitrogen and oxygen atoms in total. The lowest BCUT2D eigenvalue weighted by atomic mass is 10.1. The lowest BCUT2D eigenvalue weighted by molar-refractivity contribution is 0.583. The van der Waals surface area contributed by atoms with Gasteiger partial charge in [-0.1, -0.05) is 24.3 Å². The molecule has 0 aromatic heterocycles. The van der Waals surface area contributed by atoms with Crippen LogP contribution in [0.2, 0.25) is 0 Å². The molecule has 18 heavy (non-hydrogen) atoms. The Labute approximate surface area is 106 Å². The van der Waals surface area contributed by atoms with Crippen molar-refractivity contribution in [3.63, 3.8) is 0 Å². The van der Waals surface area contributed by atoms with Gasteiger partial charge in [0, 0.05) is 29.5 Å². The van der Waals surface area contributed by atoms with Crippen molar-refractivity contribution in [2.75, 3.05) is 18.8 Å². The van der Waals surface area contributed by atoms with Crippen LogP contribution in [0.5, 0.6) is 0 Å². The molecule has 0 aliphatic rings. The lowest BCUT2D eigenvalue weighted by Crippen LogP contribution is -2.29. The summed E-state index contributed by atoms with van der Waals surface area (Å²) >= 11 is 0. The third-order valence-corrected chi connectivity index (χ3v) is 4.16. The summed E-state index contributed by atoms with van der Waals surface area (Å²) in [5.41, 5.74) is 11.7. The third kappa shape index (κ3) is 2.31. The highest BCUT2D eigenvalue weighted by Gasteiger charge is 2.17. The molecule has 0 aliphatic heterocycles. The summed E-state index contributed by atoms with van der Waals surface area (Å²) in [5, 5.41) is 1.34. The molecule has 2 aromatic carbocycles. The highest BCUT2D eigenvalue weighted by Crippen LogP contribution is 2.27. The van der Waals surface area contributed by atoms with Gasteiger partial charge >= 0.3 is 0 Å². The van der Waals surface area contributed by atoms with Gasteiger partial charge in [0.25, 0.3) is 0 Å². The van der Waals surface area contributed by atoms with Crippen molar-refractivity contribution >= 4 is 26.5 Å². The van der Waals surface area contributed by atoms with E-state index in [4.69, 9.17) is 11.5 Å². The minimum atomic E-state index is -3.55. The zero-order valence-corrected chi connectivity index (χ0v) is 10.6. The van der Waals surface area contributed by atoms with E-state index >= 15 is 0 Å². The van der Waals surface area contributed by atoms with Gasteiger partial charge in [0.05, 0.1) is 4.90 Å². The van der Waals surface area contributed by atoms with Crippen molar-refractivity contribution in [3.05, 3.63) is 36.4 Å². The molecule has 0 spiro atoms. The lowest BCUT2D eigenvalue weighted by Gasteiger charge is -2.10. The molecule has 0 radical (unpaired) electrons. The molecule has 0 amide bonds. The van der Waals surface area contributed by atoms with Crippen molar-refractivity contribution in [1.82, 2.24) is 4.72 Å². The highest BCUT2D eigenvalue weighted by molar-refractivity contribution is 7.89. The van der Waals surface area contributed by atoms with Crippen LogP contribution in [-0.2, 0) is 10.0 Å². The summed E-state index contributed by atoms with van der Waals surface area (Å²) in [6, 6.07) is 10.2. The molecule has 96 valence electrons. The number of nitrogens with one attached hydrogen (secondary N) is 1. The molecule has 6 heteroatoms. The quantitative estimate of drug-likeness (QED) is 0.707. The zero-order chi connectivity index (χ0) is 13.2. The average molecular weight is 265 g/mol. The van der Waals surface area contributed by atoms with E-state index in [0.717, 1.165) is 5.39 Å². The number of anilines is 1. The summed E-state index contributed by atoms with van der Waals surface area (Å²) < 4.78 is 26.7. The molecule has 2 rings (SSSR count). The fourth-order valence-electron chi connectivity index (χ4n) is 1.80. The van der Waals surface area contributed by atoms with Gasteiger partial charge in [0.15, 0.2) is 0 Å². The third-order valence-electron chi connectivity index (χ3n) is 2.64. The molecule has 0 saturated heterocycles. The molecule has 2 aromatic rings. The summed E-state index contributed by atoms with van der Waals surface area (Å²) in [6.45, 7) is 0.465. The Morgan fingerprint density at radius 2 is 1.72 bits per heavy atom. The van der Waals surface area contributed by atoms with Crippen LogP contribution < -0.4 is 16.2 Å². The van der Waals surface area contributed by atoms with Gasteiger partial charge in [-0.25, -0.2) is 13.1 Å². The molecular weight excluding hydrogens is 250 g/mol. The number of fused-ring (bicyclic) bond motifs is 1. The maximum atomic E-state index is 12.1. The van der Waals surface area contributed by atoms with Gasteiger partial charge in [0.2, 0.25) is 10.0 Å². The average Bonchev–Trinajstić information content (AvgIpc) is 2.37. The normalized spacial score (nSPS) is 11.8. The van der Waals surface area contributed by atoms with Crippen LogP contribution in [0.1, 0.15) is 0 Å². The number of rotatable bonds is 4. The standard InChI is InChI=1S/C12H15N3O2S/c13-7-8-15-18(16,17)12-6-5-11(14)9-3-1-2-4-10(9)12/h1-6,15H,7-8,13-14H2. The molecule has 5 N–H and O–H groups in total. The molecule has 0 atom stereocenters. The molecule has 0 fully saturated rings. The predicted molar refractivity (Wildman–Crippen MR) is 72.6 cm³/mol. The van der Waals surface area contributed by atoms with E-state index < -0.39 is 10.0 Å². The number of benzene rings is 2. The Morgan fingerprint density at radius 1 is 1.06 bits per heavy atom. The van der Waals surface area contributed by atoms with E-state index in [1.165, 1.54) is 6.07 Å². The van der Waals surface area contributed by atoms with Gasteiger partial charge in [-0.15, -0.1) is 0 Å². The van der Waals surface area contributed by atoms with Crippen molar-refractivity contribution in [2.24, 2.45) is 5.73 Å². The van der Waals surface area contributed by atoms with Crippen molar-refractivity contribution < 1.29 is 8.42 Å². The number of nitrogen functional groups attached to an aromatic ring is 1. The topological polar surface area (TPSA) is 98.2 Å². The van der Waals surface area contributed by atoms with Crippen LogP contribution in [0, 0.1) is 0 Å². The van der Waals surface area contributed by atoms with Crippen molar-refractivity contribution in [3.8, 4) is 0 Å². The number of nitrogens with two attached hydrogens (primary N) is 2. The monoisotopic (exact) mass is 265 g/mol. The first-order valence-electron chi connectivity index (χ1n) is 5.53. The van der Waals surface area contributed by atoms with E-state index in [1.54, 1.807) is 24.3 Å². The second-order valence-electron chi connectivity index (χ2n) is 3.88. The van der Waals surface area contributed by atoms with Crippen LogP contribution in [0.25, 0.3) is 10.8 Å². The van der Waals surface area contributed by atoms with Crippen LogP contribution in [0.3, 0.4) is 0 Å². The Kier molecular flexibility index (Phi) is 3.51.